The van der Waals surface area contributed by atoms with E-state index in [1.165, 1.54) is 11.4 Å². The molecule has 0 bridgehead atoms. The van der Waals surface area contributed by atoms with Crippen LogP contribution in [0.15, 0.2) is 16.3 Å². The van der Waals surface area contributed by atoms with Crippen LogP contribution < -0.4 is 10.0 Å². The van der Waals surface area contributed by atoms with Gasteiger partial charge in [-0.05, 0) is 24.8 Å². The molecule has 0 aromatic carbocycles. The first-order valence-electron chi connectivity index (χ1n) is 6.37. The summed E-state index contributed by atoms with van der Waals surface area (Å²) >= 11 is 0.838. The van der Waals surface area contributed by atoms with Crippen LogP contribution in [0.1, 0.15) is 36.4 Å². The van der Waals surface area contributed by atoms with Crippen molar-refractivity contribution in [2.45, 2.75) is 37.6 Å². The molecule has 1 amide bonds. The molecule has 0 fully saturated rings. The van der Waals surface area contributed by atoms with E-state index in [0.717, 1.165) is 17.8 Å². The first kappa shape index (κ1) is 17.6. The van der Waals surface area contributed by atoms with Gasteiger partial charge in [0.1, 0.15) is 9.77 Å². The summed E-state index contributed by atoms with van der Waals surface area (Å²) in [4.78, 5) is 21.9. The van der Waals surface area contributed by atoms with Crippen molar-refractivity contribution in [1.29, 1.82) is 0 Å². The molecule has 21 heavy (non-hydrogen) atoms. The van der Waals surface area contributed by atoms with Crippen molar-refractivity contribution >= 4 is 33.2 Å². The maximum absolute atomic E-state index is 12.0. The van der Waals surface area contributed by atoms with Crippen molar-refractivity contribution in [3.8, 4) is 0 Å². The lowest BCUT2D eigenvalue weighted by Gasteiger charge is -2.11. The summed E-state index contributed by atoms with van der Waals surface area (Å²) < 4.78 is 26.2. The van der Waals surface area contributed by atoms with E-state index in [0.29, 0.717) is 0 Å². The lowest BCUT2D eigenvalue weighted by atomic mass is 10.2. The Morgan fingerprint density at radius 2 is 2.10 bits per heavy atom. The fourth-order valence-electron chi connectivity index (χ4n) is 1.49. The number of aromatic carboxylic acids is 1. The summed E-state index contributed by atoms with van der Waals surface area (Å²) in [6.07, 6.45) is 0.782. The number of hydrogen-bond acceptors (Lipinski definition) is 5. The molecule has 0 aliphatic rings. The number of carboxylic acid groups (broad SMARTS) is 1. The first-order chi connectivity index (χ1) is 9.77. The number of thiophene rings is 1. The van der Waals surface area contributed by atoms with Crippen LogP contribution in [-0.4, -0.2) is 38.0 Å². The Morgan fingerprint density at radius 1 is 1.43 bits per heavy atom. The molecule has 0 aliphatic carbocycles. The molecule has 7 nitrogen and oxygen atoms in total. The second kappa shape index (κ2) is 7.53. The van der Waals surface area contributed by atoms with Gasteiger partial charge in [-0.25, -0.2) is 17.9 Å². The first-order valence-corrected chi connectivity index (χ1v) is 8.74. The number of hydrogen-bond donors (Lipinski definition) is 3. The van der Waals surface area contributed by atoms with Crippen LogP contribution in [0.25, 0.3) is 0 Å². The van der Waals surface area contributed by atoms with Crippen molar-refractivity contribution in [2.75, 3.05) is 6.54 Å². The second-order valence-corrected chi connectivity index (χ2v) is 7.10. The fourth-order valence-corrected chi connectivity index (χ4v) is 3.78. The van der Waals surface area contributed by atoms with Crippen LogP contribution in [0.3, 0.4) is 0 Å². The SMILES string of the molecule is CCC(C)NC(=O)CCNS(=O)(=O)c1ccsc1C(=O)O. The standard InChI is InChI=1S/C12H18N2O5S2/c1-3-8(2)14-10(15)4-6-13-21(18,19)9-5-7-20-11(9)12(16)17/h5,7-8,13H,3-4,6H2,1-2H3,(H,14,15)(H,16,17). The minimum absolute atomic E-state index is 0.00386. The van der Waals surface area contributed by atoms with Gasteiger partial charge in [-0.2, -0.15) is 0 Å². The quantitative estimate of drug-likeness (QED) is 0.657. The predicted octanol–water partition coefficient (Wildman–Crippen LogP) is 1.03. The molecule has 3 N–H and O–H groups in total. The van der Waals surface area contributed by atoms with E-state index in [2.05, 4.69) is 10.0 Å². The Bertz CT molecular complexity index is 609. The molecule has 0 radical (unpaired) electrons. The van der Waals surface area contributed by atoms with Crippen LogP contribution in [0.2, 0.25) is 0 Å². The van der Waals surface area contributed by atoms with Gasteiger partial charge in [0.05, 0.1) is 0 Å². The van der Waals surface area contributed by atoms with Crippen molar-refractivity contribution < 1.29 is 23.1 Å². The molecule has 1 atom stereocenters. The van der Waals surface area contributed by atoms with Gasteiger partial charge in [0.2, 0.25) is 15.9 Å². The van der Waals surface area contributed by atoms with Crippen molar-refractivity contribution in [3.05, 3.63) is 16.3 Å². The molecule has 0 spiro atoms. The number of carboxylic acids is 1. The number of rotatable bonds is 8. The van der Waals surface area contributed by atoms with E-state index in [9.17, 15) is 18.0 Å². The van der Waals surface area contributed by atoms with E-state index in [1.807, 2.05) is 13.8 Å². The zero-order valence-corrected chi connectivity index (χ0v) is 13.4. The monoisotopic (exact) mass is 334 g/mol. The summed E-state index contributed by atoms with van der Waals surface area (Å²) in [5, 5.41) is 13.0. The number of amides is 1. The maximum Gasteiger partial charge on any atom is 0.347 e. The van der Waals surface area contributed by atoms with Gasteiger partial charge in [-0.3, -0.25) is 4.79 Å². The molecule has 0 saturated carbocycles. The van der Waals surface area contributed by atoms with E-state index in [1.54, 1.807) is 0 Å². The molecular weight excluding hydrogens is 316 g/mol. The molecular formula is C12H18N2O5S2. The minimum Gasteiger partial charge on any atom is -0.477 e. The molecule has 0 aliphatic heterocycles. The Kier molecular flexibility index (Phi) is 6.31. The van der Waals surface area contributed by atoms with Crippen LogP contribution >= 0.6 is 11.3 Å². The second-order valence-electron chi connectivity index (χ2n) is 4.44. The third-order valence-corrected chi connectivity index (χ3v) is 5.31. The lowest BCUT2D eigenvalue weighted by molar-refractivity contribution is -0.121. The highest BCUT2D eigenvalue weighted by Crippen LogP contribution is 2.21. The van der Waals surface area contributed by atoms with Crippen LogP contribution in [-0.2, 0) is 14.8 Å². The Balaban J connectivity index is 2.60. The zero-order valence-electron chi connectivity index (χ0n) is 11.8. The summed E-state index contributed by atoms with van der Waals surface area (Å²) in [7, 11) is -3.92. The molecule has 1 rings (SSSR count). The molecule has 1 aromatic heterocycles. The van der Waals surface area contributed by atoms with Gasteiger partial charge in [0.15, 0.2) is 0 Å². The average Bonchev–Trinajstić information content (AvgIpc) is 2.88. The van der Waals surface area contributed by atoms with Gasteiger partial charge in [0, 0.05) is 19.0 Å². The molecule has 1 aromatic rings. The number of nitrogens with one attached hydrogen (secondary N) is 2. The van der Waals surface area contributed by atoms with Gasteiger partial charge in [-0.15, -0.1) is 11.3 Å². The van der Waals surface area contributed by atoms with Crippen molar-refractivity contribution in [1.82, 2.24) is 10.0 Å². The Hall–Kier alpha value is -1.45. The highest BCUT2D eigenvalue weighted by molar-refractivity contribution is 7.89. The highest BCUT2D eigenvalue weighted by atomic mass is 32.2. The third-order valence-electron chi connectivity index (χ3n) is 2.78. The van der Waals surface area contributed by atoms with Crippen molar-refractivity contribution in [2.24, 2.45) is 0 Å². The van der Waals surface area contributed by atoms with Gasteiger partial charge in [-0.1, -0.05) is 6.92 Å². The van der Waals surface area contributed by atoms with E-state index in [-0.39, 0.29) is 34.7 Å². The van der Waals surface area contributed by atoms with E-state index >= 15 is 0 Å². The van der Waals surface area contributed by atoms with E-state index < -0.39 is 16.0 Å². The maximum atomic E-state index is 12.0. The minimum atomic E-state index is -3.92. The molecule has 1 unspecified atom stereocenters. The van der Waals surface area contributed by atoms with Crippen molar-refractivity contribution in [3.63, 3.8) is 0 Å². The highest BCUT2D eigenvalue weighted by Gasteiger charge is 2.23. The van der Waals surface area contributed by atoms with E-state index in [4.69, 9.17) is 5.11 Å². The molecule has 0 saturated heterocycles. The van der Waals surface area contributed by atoms with Gasteiger partial charge >= 0.3 is 5.97 Å². The fraction of sp³-hybridized carbons (Fsp3) is 0.500. The number of sulfonamides is 1. The summed E-state index contributed by atoms with van der Waals surface area (Å²) in [6.45, 7) is 3.70. The largest absolute Gasteiger partial charge is 0.477 e. The topological polar surface area (TPSA) is 113 Å². The number of carbonyl (C=O) groups excluding carboxylic acids is 1. The Labute approximate surface area is 127 Å². The number of carbonyl (C=O) groups is 2. The summed E-state index contributed by atoms with van der Waals surface area (Å²) in [6, 6.07) is 1.26. The summed E-state index contributed by atoms with van der Waals surface area (Å²) in [5.74, 6) is -1.55. The third kappa shape index (κ3) is 5.10. The van der Waals surface area contributed by atoms with Gasteiger partial charge in [0.25, 0.3) is 0 Å². The Morgan fingerprint density at radius 3 is 2.67 bits per heavy atom. The molecule has 118 valence electrons. The summed E-state index contributed by atoms with van der Waals surface area (Å²) in [5.41, 5.74) is 0. The van der Waals surface area contributed by atoms with Gasteiger partial charge < -0.3 is 10.4 Å². The predicted molar refractivity (Wildman–Crippen MR) is 79.0 cm³/mol. The van der Waals surface area contributed by atoms with Crippen LogP contribution in [0.5, 0.6) is 0 Å². The smallest absolute Gasteiger partial charge is 0.347 e. The normalized spacial score (nSPS) is 12.9. The lowest BCUT2D eigenvalue weighted by Crippen LogP contribution is -2.35. The molecule has 9 heteroatoms. The zero-order chi connectivity index (χ0) is 16.0. The van der Waals surface area contributed by atoms with Crippen LogP contribution in [0.4, 0.5) is 0 Å². The van der Waals surface area contributed by atoms with Crippen LogP contribution in [0, 0.1) is 0 Å². The molecule has 1 heterocycles. The average molecular weight is 334 g/mol.